The molecule has 17 heavy (non-hydrogen) atoms. The number of sulfone groups is 1. The lowest BCUT2D eigenvalue weighted by Crippen LogP contribution is -2.05. The molecule has 1 N–H and O–H groups in total. The van der Waals surface area contributed by atoms with Crippen LogP contribution in [0.3, 0.4) is 0 Å². The second-order valence-corrected chi connectivity index (χ2v) is 5.63. The lowest BCUT2D eigenvalue weighted by molar-refractivity contribution is 0.415. The van der Waals surface area contributed by atoms with Gasteiger partial charge in [-0.25, -0.2) is 8.42 Å². The number of terminal acetylenes is 1. The third kappa shape index (κ3) is 3.14. The third-order valence-corrected chi connectivity index (χ3v) is 3.52. The van der Waals surface area contributed by atoms with Crippen LogP contribution in [0.4, 0.5) is 5.69 Å². The summed E-state index contributed by atoms with van der Waals surface area (Å²) >= 11 is 0. The van der Waals surface area contributed by atoms with Crippen molar-refractivity contribution in [2.75, 3.05) is 25.2 Å². The van der Waals surface area contributed by atoms with Crippen molar-refractivity contribution in [1.29, 1.82) is 0 Å². The smallest absolute Gasteiger partial charge is 0.175 e. The summed E-state index contributed by atoms with van der Waals surface area (Å²) in [7, 11) is -1.77. The summed E-state index contributed by atoms with van der Waals surface area (Å²) in [5, 5.41) is 2.98. The molecule has 1 aromatic carbocycles. The number of anilines is 1. The molecule has 0 atom stereocenters. The lowest BCUT2D eigenvalue weighted by Gasteiger charge is -2.13. The van der Waals surface area contributed by atoms with Gasteiger partial charge in [-0.05, 0) is 18.6 Å². The van der Waals surface area contributed by atoms with Gasteiger partial charge in [0.1, 0.15) is 5.75 Å². The van der Waals surface area contributed by atoms with Crippen LogP contribution in [0.5, 0.6) is 5.75 Å². The minimum Gasteiger partial charge on any atom is -0.495 e. The number of hydrogen-bond acceptors (Lipinski definition) is 4. The predicted molar refractivity (Wildman–Crippen MR) is 68.2 cm³/mol. The highest BCUT2D eigenvalue weighted by atomic mass is 32.2. The van der Waals surface area contributed by atoms with Crippen LogP contribution in [-0.2, 0) is 9.84 Å². The highest BCUT2D eigenvalue weighted by molar-refractivity contribution is 7.90. The van der Waals surface area contributed by atoms with Crippen molar-refractivity contribution in [2.24, 2.45) is 0 Å². The van der Waals surface area contributed by atoms with E-state index in [-0.39, 0.29) is 4.90 Å². The molecular weight excluding hydrogens is 238 g/mol. The molecule has 0 unspecified atom stereocenters. The maximum absolute atomic E-state index is 11.5. The molecule has 0 aliphatic heterocycles. The number of aryl methyl sites for hydroxylation is 1. The highest BCUT2D eigenvalue weighted by Gasteiger charge is 2.15. The summed E-state index contributed by atoms with van der Waals surface area (Å²) in [6.07, 6.45) is 6.33. The summed E-state index contributed by atoms with van der Waals surface area (Å²) in [4.78, 5) is 0.264. The van der Waals surface area contributed by atoms with Crippen LogP contribution in [0.1, 0.15) is 5.56 Å². The molecule has 5 heteroatoms. The Morgan fingerprint density at radius 1 is 1.47 bits per heavy atom. The second-order valence-electron chi connectivity index (χ2n) is 3.65. The number of hydrogen-bond donors (Lipinski definition) is 1. The van der Waals surface area contributed by atoms with E-state index in [4.69, 9.17) is 11.2 Å². The molecule has 0 amide bonds. The summed E-state index contributed by atoms with van der Waals surface area (Å²) in [5.74, 6) is 2.91. The van der Waals surface area contributed by atoms with E-state index in [9.17, 15) is 8.42 Å². The van der Waals surface area contributed by atoms with E-state index < -0.39 is 9.84 Å². The lowest BCUT2D eigenvalue weighted by atomic mass is 10.2. The molecule has 0 radical (unpaired) electrons. The van der Waals surface area contributed by atoms with E-state index in [1.807, 2.05) is 0 Å². The van der Waals surface area contributed by atoms with Crippen LogP contribution in [0.15, 0.2) is 17.0 Å². The van der Waals surface area contributed by atoms with Crippen LogP contribution in [0, 0.1) is 19.3 Å². The van der Waals surface area contributed by atoms with Crippen LogP contribution < -0.4 is 10.1 Å². The summed E-state index contributed by atoms with van der Waals surface area (Å²) in [6.45, 7) is 2.09. The summed E-state index contributed by atoms with van der Waals surface area (Å²) < 4.78 is 28.2. The van der Waals surface area contributed by atoms with Crippen LogP contribution in [0.2, 0.25) is 0 Å². The molecule has 0 saturated heterocycles. The van der Waals surface area contributed by atoms with Gasteiger partial charge >= 0.3 is 0 Å². The zero-order valence-electron chi connectivity index (χ0n) is 10.1. The fraction of sp³-hybridized carbons (Fsp3) is 0.333. The molecule has 0 saturated carbocycles. The first kappa shape index (κ1) is 13.4. The van der Waals surface area contributed by atoms with E-state index in [0.29, 0.717) is 23.5 Å². The van der Waals surface area contributed by atoms with E-state index >= 15 is 0 Å². The number of nitrogens with one attached hydrogen (secondary N) is 1. The van der Waals surface area contributed by atoms with Crippen LogP contribution >= 0.6 is 0 Å². The monoisotopic (exact) mass is 253 g/mol. The Labute approximate surface area is 102 Å². The fourth-order valence-corrected chi connectivity index (χ4v) is 2.49. The van der Waals surface area contributed by atoms with Gasteiger partial charge < -0.3 is 10.1 Å². The first-order valence-electron chi connectivity index (χ1n) is 4.96. The zero-order chi connectivity index (χ0) is 13.1. The molecule has 0 aromatic heterocycles. The molecule has 1 rings (SSSR count). The Hall–Kier alpha value is -1.67. The predicted octanol–water partition coefficient (Wildman–Crippen LogP) is 1.45. The SMILES string of the molecule is C#CCNc1cc(C)c(S(C)(=O)=O)cc1OC. The largest absolute Gasteiger partial charge is 0.495 e. The van der Waals surface area contributed by atoms with Gasteiger partial charge in [-0.2, -0.15) is 0 Å². The van der Waals surface area contributed by atoms with E-state index in [2.05, 4.69) is 11.2 Å². The van der Waals surface area contributed by atoms with Gasteiger partial charge in [0.2, 0.25) is 0 Å². The van der Waals surface area contributed by atoms with Gasteiger partial charge in [0.05, 0.1) is 24.2 Å². The zero-order valence-corrected chi connectivity index (χ0v) is 10.9. The van der Waals surface area contributed by atoms with E-state index in [1.165, 1.54) is 19.4 Å². The number of ether oxygens (including phenoxy) is 1. The molecule has 0 heterocycles. The van der Waals surface area contributed by atoms with Crippen molar-refractivity contribution in [3.05, 3.63) is 17.7 Å². The molecule has 1 aromatic rings. The molecule has 92 valence electrons. The molecule has 0 fully saturated rings. The first-order valence-corrected chi connectivity index (χ1v) is 6.85. The topological polar surface area (TPSA) is 55.4 Å². The third-order valence-electron chi connectivity index (χ3n) is 2.28. The maximum Gasteiger partial charge on any atom is 0.175 e. The van der Waals surface area contributed by atoms with Crippen molar-refractivity contribution in [3.8, 4) is 18.1 Å². The fourth-order valence-electron chi connectivity index (χ4n) is 1.52. The number of benzene rings is 1. The first-order chi connectivity index (χ1) is 7.90. The second kappa shape index (κ2) is 5.11. The van der Waals surface area contributed by atoms with Gasteiger partial charge in [0.15, 0.2) is 9.84 Å². The maximum atomic E-state index is 11.5. The quantitative estimate of drug-likeness (QED) is 0.825. The molecule has 0 aliphatic rings. The van der Waals surface area contributed by atoms with Gasteiger partial charge in [-0.3, -0.25) is 0 Å². The standard InChI is InChI=1S/C12H15NO3S/c1-5-6-13-10-7-9(2)12(17(4,14)15)8-11(10)16-3/h1,7-8,13H,6H2,2-4H3. The average molecular weight is 253 g/mol. The van der Waals surface area contributed by atoms with Crippen molar-refractivity contribution in [3.63, 3.8) is 0 Å². The minimum absolute atomic E-state index is 0.264. The van der Waals surface area contributed by atoms with Gasteiger partial charge in [-0.15, -0.1) is 6.42 Å². The highest BCUT2D eigenvalue weighted by Crippen LogP contribution is 2.30. The minimum atomic E-state index is -3.25. The summed E-state index contributed by atoms with van der Waals surface area (Å²) in [6, 6.07) is 3.22. The van der Waals surface area contributed by atoms with Crippen LogP contribution in [0.25, 0.3) is 0 Å². The Morgan fingerprint density at radius 3 is 2.59 bits per heavy atom. The Balaban J connectivity index is 3.31. The molecule has 0 spiro atoms. The van der Waals surface area contributed by atoms with Crippen molar-refractivity contribution >= 4 is 15.5 Å². The molecule has 0 bridgehead atoms. The van der Waals surface area contributed by atoms with Gasteiger partial charge in [0, 0.05) is 12.3 Å². The average Bonchev–Trinajstić information content (AvgIpc) is 2.24. The number of rotatable bonds is 4. The van der Waals surface area contributed by atoms with Gasteiger partial charge in [0.25, 0.3) is 0 Å². The molecular formula is C12H15NO3S. The van der Waals surface area contributed by atoms with Crippen molar-refractivity contribution in [1.82, 2.24) is 0 Å². The van der Waals surface area contributed by atoms with Gasteiger partial charge in [-0.1, -0.05) is 5.92 Å². The number of methoxy groups -OCH3 is 1. The van der Waals surface area contributed by atoms with E-state index in [0.717, 1.165) is 0 Å². The van der Waals surface area contributed by atoms with E-state index in [1.54, 1.807) is 13.0 Å². The van der Waals surface area contributed by atoms with Crippen molar-refractivity contribution < 1.29 is 13.2 Å². The summed E-state index contributed by atoms with van der Waals surface area (Å²) in [5.41, 5.74) is 1.35. The Bertz CT molecular complexity index is 556. The molecule has 4 nitrogen and oxygen atoms in total. The Morgan fingerprint density at radius 2 is 2.12 bits per heavy atom. The molecule has 0 aliphatic carbocycles. The van der Waals surface area contributed by atoms with Crippen molar-refractivity contribution in [2.45, 2.75) is 11.8 Å². The Kier molecular flexibility index (Phi) is 4.02. The normalized spacial score (nSPS) is 10.7. The van der Waals surface area contributed by atoms with Crippen LogP contribution in [-0.4, -0.2) is 28.3 Å².